The van der Waals surface area contributed by atoms with E-state index in [4.69, 9.17) is 21.4 Å². The summed E-state index contributed by atoms with van der Waals surface area (Å²) in [6.07, 6.45) is 1.00. The number of thioether (sulfide) groups is 1. The molecule has 1 aliphatic carbocycles. The summed E-state index contributed by atoms with van der Waals surface area (Å²) < 4.78 is 34.5. The van der Waals surface area contributed by atoms with Crippen molar-refractivity contribution >= 4 is 41.1 Å². The fourth-order valence-corrected chi connectivity index (χ4v) is 6.07. The Balaban J connectivity index is 1.24. The van der Waals surface area contributed by atoms with Gasteiger partial charge in [0.1, 0.15) is 5.25 Å². The molecule has 2 aromatic rings. The van der Waals surface area contributed by atoms with Gasteiger partial charge < -0.3 is 20.5 Å². The molecule has 0 bridgehead atoms. The van der Waals surface area contributed by atoms with Crippen LogP contribution >= 0.6 is 23.4 Å². The minimum absolute atomic E-state index is 0.0518. The molecule has 2 aliphatic rings. The first kappa shape index (κ1) is 26.2. The number of hydrogen-bond acceptors (Lipinski definition) is 5. The molecular weight excluding hydrogens is 514 g/mol. The number of ether oxygens (including phenoxy) is 1. The van der Waals surface area contributed by atoms with E-state index in [-0.39, 0.29) is 24.6 Å². The van der Waals surface area contributed by atoms with E-state index in [0.717, 1.165) is 22.6 Å². The Labute approximate surface area is 215 Å². The summed E-state index contributed by atoms with van der Waals surface area (Å²) >= 11 is 7.79. The third-order valence-corrected chi connectivity index (χ3v) is 8.27. The molecule has 7 nitrogen and oxygen atoms in total. The Hall–Kier alpha value is -2.85. The number of nitrogens with one attached hydrogen (secondary N) is 2. The quantitative estimate of drug-likeness (QED) is 0.342. The predicted octanol–water partition coefficient (Wildman–Crippen LogP) is 4.29. The molecule has 0 saturated heterocycles. The maximum Gasteiger partial charge on any atom is 0.306 e. The first-order valence-electron chi connectivity index (χ1n) is 11.6. The number of carboxylic acid groups (broad SMARTS) is 1. The molecule has 0 spiro atoms. The number of aliphatic carboxylic acids is 1. The zero-order chi connectivity index (χ0) is 25.8. The lowest BCUT2D eigenvalue weighted by Gasteiger charge is -2.27. The van der Waals surface area contributed by atoms with Crippen molar-refractivity contribution in [1.82, 2.24) is 10.6 Å². The highest BCUT2D eigenvalue weighted by Gasteiger charge is 2.36. The first-order chi connectivity index (χ1) is 17.2. The van der Waals surface area contributed by atoms with Gasteiger partial charge >= 0.3 is 5.97 Å². The van der Waals surface area contributed by atoms with Crippen molar-refractivity contribution in [2.75, 3.05) is 13.1 Å². The van der Waals surface area contributed by atoms with Crippen molar-refractivity contribution in [3.63, 3.8) is 0 Å². The monoisotopic (exact) mass is 538 g/mol. The van der Waals surface area contributed by atoms with Crippen LogP contribution in [0, 0.1) is 17.6 Å². The van der Waals surface area contributed by atoms with Crippen LogP contribution in [-0.4, -0.2) is 47.3 Å². The first-order valence-corrected chi connectivity index (χ1v) is 12.9. The van der Waals surface area contributed by atoms with Crippen molar-refractivity contribution in [3.8, 4) is 5.75 Å². The van der Waals surface area contributed by atoms with E-state index in [1.165, 1.54) is 11.8 Å². The van der Waals surface area contributed by atoms with Crippen molar-refractivity contribution in [3.05, 3.63) is 59.2 Å². The second-order valence-corrected chi connectivity index (χ2v) is 10.4. The molecule has 0 aromatic heterocycles. The van der Waals surface area contributed by atoms with Gasteiger partial charge in [-0.25, -0.2) is 8.78 Å². The van der Waals surface area contributed by atoms with Crippen LogP contribution in [0.25, 0.3) is 0 Å². The second-order valence-electron chi connectivity index (χ2n) is 8.72. The number of halogens is 3. The number of rotatable bonds is 8. The molecule has 0 radical (unpaired) electrons. The molecule has 2 unspecified atom stereocenters. The van der Waals surface area contributed by atoms with Crippen molar-refractivity contribution in [1.29, 1.82) is 0 Å². The third-order valence-electron chi connectivity index (χ3n) is 6.27. The van der Waals surface area contributed by atoms with Crippen LogP contribution < -0.4 is 15.4 Å². The molecule has 36 heavy (non-hydrogen) atoms. The zero-order valence-corrected chi connectivity index (χ0v) is 20.7. The van der Waals surface area contributed by atoms with E-state index in [9.17, 15) is 23.2 Å². The zero-order valence-electron chi connectivity index (χ0n) is 19.1. The van der Waals surface area contributed by atoms with Crippen molar-refractivity contribution in [2.45, 2.75) is 47.3 Å². The maximum absolute atomic E-state index is 14.5. The number of hydrogen-bond donors (Lipinski definition) is 3. The fraction of sp³-hybridized carbons (Fsp3) is 0.400. The minimum atomic E-state index is -1.01. The molecular formula is C25H25ClF2N2O5S. The van der Waals surface area contributed by atoms with Gasteiger partial charge in [0.15, 0.2) is 17.4 Å². The van der Waals surface area contributed by atoms with Gasteiger partial charge in [-0.3, -0.25) is 14.4 Å². The lowest BCUT2D eigenvalue weighted by molar-refractivity contribution is -0.143. The van der Waals surface area contributed by atoms with Gasteiger partial charge in [0.05, 0.1) is 17.4 Å². The normalized spacial score (nSPS) is 23.0. The van der Waals surface area contributed by atoms with Crippen LogP contribution in [0.15, 0.2) is 41.3 Å². The van der Waals surface area contributed by atoms with Crippen LogP contribution in [0.1, 0.15) is 47.0 Å². The van der Waals surface area contributed by atoms with Crippen LogP contribution in [0.4, 0.5) is 8.78 Å². The number of carbonyl (C=O) groups is 3. The molecule has 1 heterocycles. The number of carbonyl (C=O) groups excluding carboxylic acids is 2. The molecule has 3 N–H and O–H groups in total. The van der Waals surface area contributed by atoms with Crippen molar-refractivity contribution in [2.24, 2.45) is 5.92 Å². The van der Waals surface area contributed by atoms with Crippen LogP contribution in [0.5, 0.6) is 5.75 Å². The van der Waals surface area contributed by atoms with Crippen LogP contribution in [-0.2, 0) is 9.59 Å². The summed E-state index contributed by atoms with van der Waals surface area (Å²) in [4.78, 5) is 36.9. The smallest absolute Gasteiger partial charge is 0.306 e. The van der Waals surface area contributed by atoms with E-state index < -0.39 is 51.9 Å². The highest BCUT2D eigenvalue weighted by Crippen LogP contribution is 2.47. The highest BCUT2D eigenvalue weighted by molar-refractivity contribution is 8.01. The lowest BCUT2D eigenvalue weighted by atomic mass is 9.87. The van der Waals surface area contributed by atoms with Gasteiger partial charge in [-0.15, -0.1) is 23.4 Å². The van der Waals surface area contributed by atoms with Gasteiger partial charge in [0.25, 0.3) is 5.91 Å². The second kappa shape index (κ2) is 11.5. The summed E-state index contributed by atoms with van der Waals surface area (Å²) in [5.74, 6) is -4.93. The Bertz CT molecular complexity index is 1140. The number of alkyl halides is 1. The Morgan fingerprint density at radius 1 is 1.03 bits per heavy atom. The molecule has 1 fully saturated rings. The summed E-state index contributed by atoms with van der Waals surface area (Å²) in [6, 6.07) is 9.30. The molecule has 2 amide bonds. The molecule has 2 atom stereocenters. The van der Waals surface area contributed by atoms with E-state index in [1.54, 1.807) is 0 Å². The summed E-state index contributed by atoms with van der Waals surface area (Å²) in [7, 11) is 0. The molecule has 1 saturated carbocycles. The topological polar surface area (TPSA) is 105 Å². The van der Waals surface area contributed by atoms with Crippen LogP contribution in [0.2, 0.25) is 0 Å². The third kappa shape index (κ3) is 5.92. The number of carboxylic acids is 1. The Morgan fingerprint density at radius 2 is 1.67 bits per heavy atom. The van der Waals surface area contributed by atoms with Gasteiger partial charge in [-0.2, -0.15) is 0 Å². The van der Waals surface area contributed by atoms with E-state index >= 15 is 0 Å². The lowest BCUT2D eigenvalue weighted by Crippen LogP contribution is -2.39. The van der Waals surface area contributed by atoms with Gasteiger partial charge in [-0.1, -0.05) is 18.2 Å². The summed E-state index contributed by atoms with van der Waals surface area (Å²) in [6.45, 7) is 0.170. The summed E-state index contributed by atoms with van der Waals surface area (Å²) in [5.41, 5.74) is 0.683. The standard InChI is InChI=1S/C25H25ClF2N2O5S/c26-20-16-3-1-2-4-19(16)36-22(20)24(32)30-10-9-29-23(31)14-11-17(27)21(18(28)12-14)35-15-7-5-13(6-8-15)25(33)34/h1-4,11-13,15,20,22H,5-10H2,(H,29,31)(H,30,32)(H,33,34). The average Bonchev–Trinajstić information content (AvgIpc) is 3.20. The largest absolute Gasteiger partial charge is 0.484 e. The SMILES string of the molecule is O=C(NCCNC(=O)C1Sc2ccccc2C1Cl)c1cc(F)c(OC2CCC(C(=O)O)CC2)c(F)c1. The average molecular weight is 539 g/mol. The fourth-order valence-electron chi connectivity index (χ4n) is 4.32. The Kier molecular flexibility index (Phi) is 8.35. The Morgan fingerprint density at radius 3 is 2.31 bits per heavy atom. The van der Waals surface area contributed by atoms with E-state index in [1.807, 2.05) is 24.3 Å². The molecule has 11 heteroatoms. The minimum Gasteiger partial charge on any atom is -0.484 e. The number of fused-ring (bicyclic) bond motifs is 1. The van der Waals surface area contributed by atoms with Gasteiger partial charge in [-0.05, 0) is 49.4 Å². The van der Waals surface area contributed by atoms with Gasteiger partial charge in [0.2, 0.25) is 5.91 Å². The van der Waals surface area contributed by atoms with E-state index in [2.05, 4.69) is 10.6 Å². The maximum atomic E-state index is 14.5. The highest BCUT2D eigenvalue weighted by atomic mass is 35.5. The predicted molar refractivity (Wildman–Crippen MR) is 130 cm³/mol. The van der Waals surface area contributed by atoms with E-state index in [0.29, 0.717) is 25.7 Å². The van der Waals surface area contributed by atoms with Gasteiger partial charge in [0, 0.05) is 23.5 Å². The molecule has 1 aliphatic heterocycles. The summed E-state index contributed by atoms with van der Waals surface area (Å²) in [5, 5.41) is 13.3. The van der Waals surface area contributed by atoms with Crippen molar-refractivity contribution < 1.29 is 33.0 Å². The molecule has 192 valence electrons. The molecule has 4 rings (SSSR count). The molecule has 2 aromatic carbocycles. The van der Waals surface area contributed by atoms with Crippen LogP contribution in [0.3, 0.4) is 0 Å². The number of amides is 2. The number of benzene rings is 2.